The summed E-state index contributed by atoms with van der Waals surface area (Å²) < 4.78 is 7.27. The van der Waals surface area contributed by atoms with Crippen molar-refractivity contribution in [3.05, 3.63) is 17.0 Å². The Kier molecular flexibility index (Phi) is 8.58. The summed E-state index contributed by atoms with van der Waals surface area (Å²) in [5, 5.41) is 11.1. The molecule has 1 rings (SSSR count). The van der Waals surface area contributed by atoms with Crippen LogP contribution in [0.15, 0.2) is 4.99 Å². The second-order valence-corrected chi connectivity index (χ2v) is 5.26. The summed E-state index contributed by atoms with van der Waals surface area (Å²) in [6.07, 6.45) is 1.90. The third-order valence-electron chi connectivity index (χ3n) is 3.59. The molecule has 0 saturated carbocycles. The van der Waals surface area contributed by atoms with E-state index in [1.165, 1.54) is 11.3 Å². The zero-order valence-corrected chi connectivity index (χ0v) is 14.7. The molecule has 0 aliphatic heterocycles. The van der Waals surface area contributed by atoms with E-state index >= 15 is 0 Å². The van der Waals surface area contributed by atoms with Crippen LogP contribution in [0.25, 0.3) is 0 Å². The molecule has 0 radical (unpaired) electrons. The Bertz CT molecular complexity index is 467. The maximum Gasteiger partial charge on any atom is 0.191 e. The van der Waals surface area contributed by atoms with Gasteiger partial charge in [0.2, 0.25) is 0 Å². The zero-order valence-electron chi connectivity index (χ0n) is 14.7. The fourth-order valence-corrected chi connectivity index (χ4v) is 2.33. The van der Waals surface area contributed by atoms with Gasteiger partial charge in [-0.15, -0.1) is 0 Å². The lowest BCUT2D eigenvalue weighted by molar-refractivity contribution is 0.146. The van der Waals surface area contributed by atoms with E-state index in [1.807, 2.05) is 18.7 Å². The van der Waals surface area contributed by atoms with Crippen LogP contribution < -0.4 is 10.6 Å². The molecule has 0 atom stereocenters. The quantitative estimate of drug-likeness (QED) is 0.413. The molecule has 1 aromatic rings. The lowest BCUT2D eigenvalue weighted by Crippen LogP contribution is -2.38. The van der Waals surface area contributed by atoms with Gasteiger partial charge in [-0.2, -0.15) is 5.10 Å². The van der Waals surface area contributed by atoms with Crippen molar-refractivity contribution < 1.29 is 4.74 Å². The van der Waals surface area contributed by atoms with Gasteiger partial charge in [0.15, 0.2) is 5.96 Å². The zero-order chi connectivity index (χ0) is 16.4. The third-order valence-corrected chi connectivity index (χ3v) is 3.59. The van der Waals surface area contributed by atoms with Crippen molar-refractivity contribution in [1.29, 1.82) is 0 Å². The van der Waals surface area contributed by atoms with Crippen molar-refractivity contribution in [2.75, 3.05) is 32.8 Å². The molecule has 1 heterocycles. The molecule has 0 aromatic carbocycles. The van der Waals surface area contributed by atoms with E-state index in [9.17, 15) is 0 Å². The largest absolute Gasteiger partial charge is 0.382 e. The van der Waals surface area contributed by atoms with Crippen molar-refractivity contribution in [1.82, 2.24) is 20.4 Å². The Morgan fingerprint density at radius 1 is 1.27 bits per heavy atom. The van der Waals surface area contributed by atoms with Crippen molar-refractivity contribution in [3.63, 3.8) is 0 Å². The maximum absolute atomic E-state index is 5.32. The summed E-state index contributed by atoms with van der Waals surface area (Å²) in [5.74, 6) is 0.873. The van der Waals surface area contributed by atoms with Gasteiger partial charge in [0, 0.05) is 45.6 Å². The molecule has 126 valence electrons. The van der Waals surface area contributed by atoms with Crippen LogP contribution >= 0.6 is 0 Å². The van der Waals surface area contributed by atoms with E-state index in [-0.39, 0.29) is 0 Å². The molecule has 0 saturated heterocycles. The van der Waals surface area contributed by atoms with Crippen LogP contribution in [0, 0.1) is 13.8 Å². The number of nitrogens with one attached hydrogen (secondary N) is 2. The van der Waals surface area contributed by atoms with Crippen LogP contribution in [0.4, 0.5) is 0 Å². The van der Waals surface area contributed by atoms with Crippen LogP contribution in [0.3, 0.4) is 0 Å². The van der Waals surface area contributed by atoms with Crippen molar-refractivity contribution in [3.8, 4) is 0 Å². The predicted molar refractivity (Wildman–Crippen MR) is 91.5 cm³/mol. The number of aliphatic imine (C=N–C) groups is 1. The lowest BCUT2D eigenvalue weighted by atomic mass is 10.1. The molecule has 0 bridgehead atoms. The number of rotatable bonds is 9. The van der Waals surface area contributed by atoms with Gasteiger partial charge in [-0.05, 0) is 46.1 Å². The van der Waals surface area contributed by atoms with Gasteiger partial charge in [0.05, 0.1) is 5.69 Å². The minimum atomic E-state index is 0.770. The Labute approximate surface area is 134 Å². The second-order valence-electron chi connectivity index (χ2n) is 5.26. The first-order valence-electron chi connectivity index (χ1n) is 8.19. The van der Waals surface area contributed by atoms with Gasteiger partial charge in [-0.3, -0.25) is 9.67 Å². The topological polar surface area (TPSA) is 63.5 Å². The van der Waals surface area contributed by atoms with Crippen molar-refractivity contribution in [2.45, 2.75) is 40.5 Å². The average molecular weight is 309 g/mol. The molecule has 1 aromatic heterocycles. The van der Waals surface area contributed by atoms with E-state index in [4.69, 9.17) is 4.74 Å². The highest BCUT2D eigenvalue weighted by molar-refractivity contribution is 5.79. The summed E-state index contributed by atoms with van der Waals surface area (Å²) in [6, 6.07) is 0. The molecule has 0 spiro atoms. The predicted octanol–water partition coefficient (Wildman–Crippen LogP) is 1.56. The molecule has 0 aliphatic carbocycles. The number of nitrogens with zero attached hydrogens (tertiary/aromatic N) is 3. The number of aromatic nitrogens is 2. The smallest absolute Gasteiger partial charge is 0.191 e. The average Bonchev–Trinajstić information content (AvgIpc) is 2.73. The maximum atomic E-state index is 5.32. The molecule has 0 amide bonds. The van der Waals surface area contributed by atoms with Gasteiger partial charge in [-0.1, -0.05) is 0 Å². The second kappa shape index (κ2) is 10.2. The van der Waals surface area contributed by atoms with Crippen LogP contribution in [-0.4, -0.2) is 48.6 Å². The van der Waals surface area contributed by atoms with Crippen LogP contribution in [0.2, 0.25) is 0 Å². The van der Waals surface area contributed by atoms with E-state index in [2.05, 4.69) is 41.5 Å². The third kappa shape index (κ3) is 6.05. The van der Waals surface area contributed by atoms with E-state index in [0.717, 1.165) is 57.3 Å². The Hall–Kier alpha value is -1.56. The monoisotopic (exact) mass is 309 g/mol. The fraction of sp³-hybridized carbons (Fsp3) is 0.750. The first kappa shape index (κ1) is 18.5. The highest BCUT2D eigenvalue weighted by Gasteiger charge is 2.08. The Balaban J connectivity index is 2.41. The highest BCUT2D eigenvalue weighted by atomic mass is 16.5. The molecule has 22 heavy (non-hydrogen) atoms. The SMILES string of the molecule is CCNC(=NCCCOCC)NCCc1c(C)nn(C)c1C. The van der Waals surface area contributed by atoms with E-state index in [1.54, 1.807) is 0 Å². The molecular weight excluding hydrogens is 278 g/mol. The normalized spacial score (nSPS) is 11.8. The van der Waals surface area contributed by atoms with E-state index in [0.29, 0.717) is 0 Å². The van der Waals surface area contributed by atoms with Crippen molar-refractivity contribution in [2.24, 2.45) is 12.0 Å². The minimum Gasteiger partial charge on any atom is -0.382 e. The Morgan fingerprint density at radius 3 is 2.64 bits per heavy atom. The highest BCUT2D eigenvalue weighted by Crippen LogP contribution is 2.11. The number of hydrogen-bond donors (Lipinski definition) is 2. The molecule has 0 unspecified atom stereocenters. The molecule has 0 aliphatic rings. The standard InChI is InChI=1S/C16H31N5O/c1-6-17-16(18-10-8-12-22-7-2)19-11-9-15-13(3)20-21(5)14(15)4/h6-12H2,1-5H3,(H2,17,18,19). The van der Waals surface area contributed by atoms with Gasteiger partial charge in [0.25, 0.3) is 0 Å². The summed E-state index contributed by atoms with van der Waals surface area (Å²) >= 11 is 0. The van der Waals surface area contributed by atoms with Crippen LogP contribution in [-0.2, 0) is 18.2 Å². The van der Waals surface area contributed by atoms with Gasteiger partial charge in [0.1, 0.15) is 0 Å². The molecule has 6 nitrogen and oxygen atoms in total. The molecular formula is C16H31N5O. The number of guanidine groups is 1. The Morgan fingerprint density at radius 2 is 2.05 bits per heavy atom. The fourth-order valence-electron chi connectivity index (χ4n) is 2.33. The van der Waals surface area contributed by atoms with Gasteiger partial charge in [-0.25, -0.2) is 0 Å². The summed E-state index contributed by atoms with van der Waals surface area (Å²) in [7, 11) is 1.99. The lowest BCUT2D eigenvalue weighted by Gasteiger charge is -2.11. The van der Waals surface area contributed by atoms with Crippen LogP contribution in [0.1, 0.15) is 37.2 Å². The summed E-state index contributed by atoms with van der Waals surface area (Å²) in [6.45, 7) is 12.3. The minimum absolute atomic E-state index is 0.770. The number of aryl methyl sites for hydroxylation is 2. The number of ether oxygens (including phenoxy) is 1. The van der Waals surface area contributed by atoms with Crippen LogP contribution in [0.5, 0.6) is 0 Å². The van der Waals surface area contributed by atoms with Gasteiger partial charge >= 0.3 is 0 Å². The van der Waals surface area contributed by atoms with E-state index < -0.39 is 0 Å². The molecule has 0 fully saturated rings. The number of hydrogen-bond acceptors (Lipinski definition) is 3. The molecule has 6 heteroatoms. The van der Waals surface area contributed by atoms with Crippen molar-refractivity contribution >= 4 is 5.96 Å². The molecule has 2 N–H and O–H groups in total. The summed E-state index contributed by atoms with van der Waals surface area (Å²) in [4.78, 5) is 4.56. The first-order chi connectivity index (χ1) is 10.6. The van der Waals surface area contributed by atoms with Gasteiger partial charge < -0.3 is 15.4 Å². The summed E-state index contributed by atoms with van der Waals surface area (Å²) in [5.41, 5.74) is 3.67. The first-order valence-corrected chi connectivity index (χ1v) is 8.19.